The molecule has 0 aliphatic rings. The highest BCUT2D eigenvalue weighted by atomic mass is 35.5. The largest absolute Gasteiger partial charge is 0.392 e. The zero-order chi connectivity index (χ0) is 13.1. The number of halogens is 1. The molecule has 1 nitrogen and oxygen atoms in total. The van der Waals surface area contributed by atoms with Crippen LogP contribution < -0.4 is 0 Å². The van der Waals surface area contributed by atoms with Crippen molar-refractivity contribution in [3.05, 3.63) is 58.1 Å². The van der Waals surface area contributed by atoms with Crippen LogP contribution in [-0.4, -0.2) is 5.11 Å². The molecule has 0 aliphatic carbocycles. The Bertz CT molecular complexity index is 566. The first-order valence-electron chi connectivity index (χ1n) is 5.75. The standard InChI is InChI=1S/C15H15ClOS/c1-10-6-7-14(11(2)8-10)18-15-5-3-4-13(16)12(15)9-17/h3-8,17H,9H2,1-2H3. The fourth-order valence-corrected chi connectivity index (χ4v) is 3.15. The molecule has 2 aromatic rings. The summed E-state index contributed by atoms with van der Waals surface area (Å²) in [4.78, 5) is 2.20. The van der Waals surface area contributed by atoms with Crippen molar-refractivity contribution in [1.82, 2.24) is 0 Å². The molecular weight excluding hydrogens is 264 g/mol. The highest BCUT2D eigenvalue weighted by Crippen LogP contribution is 2.35. The minimum atomic E-state index is -0.0348. The smallest absolute Gasteiger partial charge is 0.0707 e. The molecule has 0 unspecified atom stereocenters. The van der Waals surface area contributed by atoms with E-state index in [1.807, 2.05) is 12.1 Å². The van der Waals surface area contributed by atoms with E-state index in [1.165, 1.54) is 16.0 Å². The monoisotopic (exact) mass is 278 g/mol. The van der Waals surface area contributed by atoms with E-state index >= 15 is 0 Å². The predicted octanol–water partition coefficient (Wildman–Crippen LogP) is 4.60. The van der Waals surface area contributed by atoms with Crippen LogP contribution in [0, 0.1) is 13.8 Å². The Hall–Kier alpha value is -0.960. The molecule has 3 heteroatoms. The average Bonchev–Trinajstić information content (AvgIpc) is 2.33. The summed E-state index contributed by atoms with van der Waals surface area (Å²) in [7, 11) is 0. The Morgan fingerprint density at radius 2 is 1.89 bits per heavy atom. The van der Waals surface area contributed by atoms with Gasteiger partial charge < -0.3 is 5.11 Å². The van der Waals surface area contributed by atoms with Gasteiger partial charge in [0.2, 0.25) is 0 Å². The Morgan fingerprint density at radius 3 is 2.56 bits per heavy atom. The van der Waals surface area contributed by atoms with Gasteiger partial charge in [-0.2, -0.15) is 0 Å². The summed E-state index contributed by atoms with van der Waals surface area (Å²) in [6.07, 6.45) is 0. The van der Waals surface area contributed by atoms with Gasteiger partial charge in [0.15, 0.2) is 0 Å². The van der Waals surface area contributed by atoms with E-state index in [4.69, 9.17) is 11.6 Å². The summed E-state index contributed by atoms with van der Waals surface area (Å²) in [6, 6.07) is 12.1. The summed E-state index contributed by atoms with van der Waals surface area (Å²) < 4.78 is 0. The van der Waals surface area contributed by atoms with E-state index in [-0.39, 0.29) is 6.61 Å². The van der Waals surface area contributed by atoms with Crippen LogP contribution in [0.25, 0.3) is 0 Å². The second-order valence-electron chi connectivity index (χ2n) is 4.25. The maximum absolute atomic E-state index is 9.39. The number of hydrogen-bond acceptors (Lipinski definition) is 2. The molecule has 2 rings (SSSR count). The highest BCUT2D eigenvalue weighted by Gasteiger charge is 2.08. The first-order valence-corrected chi connectivity index (χ1v) is 6.94. The zero-order valence-corrected chi connectivity index (χ0v) is 12.0. The molecule has 0 saturated carbocycles. The van der Waals surface area contributed by atoms with Gasteiger partial charge in [0.1, 0.15) is 0 Å². The van der Waals surface area contributed by atoms with E-state index in [0.29, 0.717) is 5.02 Å². The first-order chi connectivity index (χ1) is 8.61. The lowest BCUT2D eigenvalue weighted by molar-refractivity contribution is 0.279. The Balaban J connectivity index is 2.37. The predicted molar refractivity (Wildman–Crippen MR) is 77.4 cm³/mol. The van der Waals surface area contributed by atoms with Crippen LogP contribution in [-0.2, 0) is 6.61 Å². The second-order valence-corrected chi connectivity index (χ2v) is 5.74. The Labute approximate surface area is 117 Å². The molecule has 0 radical (unpaired) electrons. The van der Waals surface area contributed by atoms with Crippen LogP contribution in [0.5, 0.6) is 0 Å². The molecule has 0 heterocycles. The number of aryl methyl sites for hydroxylation is 2. The minimum absolute atomic E-state index is 0.0348. The number of aliphatic hydroxyl groups excluding tert-OH is 1. The van der Waals surface area contributed by atoms with Crippen molar-refractivity contribution in [1.29, 1.82) is 0 Å². The molecule has 0 spiro atoms. The van der Waals surface area contributed by atoms with Gasteiger partial charge in [-0.1, -0.05) is 47.1 Å². The van der Waals surface area contributed by atoms with E-state index < -0.39 is 0 Å². The lowest BCUT2D eigenvalue weighted by Crippen LogP contribution is -1.90. The lowest BCUT2D eigenvalue weighted by Gasteiger charge is -2.11. The molecule has 0 bridgehead atoms. The van der Waals surface area contributed by atoms with Crippen LogP contribution in [0.15, 0.2) is 46.2 Å². The summed E-state index contributed by atoms with van der Waals surface area (Å²) in [5, 5.41) is 10.0. The van der Waals surface area contributed by atoms with Gasteiger partial charge in [-0.25, -0.2) is 0 Å². The van der Waals surface area contributed by atoms with Crippen molar-refractivity contribution in [2.75, 3.05) is 0 Å². The summed E-state index contributed by atoms with van der Waals surface area (Å²) >= 11 is 7.73. The number of aliphatic hydroxyl groups is 1. The number of hydrogen-bond donors (Lipinski definition) is 1. The number of benzene rings is 2. The summed E-state index contributed by atoms with van der Waals surface area (Å²) in [5.74, 6) is 0. The van der Waals surface area contributed by atoms with Crippen LogP contribution in [0.1, 0.15) is 16.7 Å². The van der Waals surface area contributed by atoms with Crippen molar-refractivity contribution in [3.8, 4) is 0 Å². The molecule has 94 valence electrons. The second kappa shape index (κ2) is 5.79. The van der Waals surface area contributed by atoms with E-state index in [0.717, 1.165) is 10.5 Å². The topological polar surface area (TPSA) is 20.2 Å². The number of rotatable bonds is 3. The fraction of sp³-hybridized carbons (Fsp3) is 0.200. The first kappa shape index (κ1) is 13.5. The van der Waals surface area contributed by atoms with Crippen molar-refractivity contribution in [2.24, 2.45) is 0 Å². The molecule has 1 N–H and O–H groups in total. The van der Waals surface area contributed by atoms with Gasteiger partial charge in [0.25, 0.3) is 0 Å². The maximum Gasteiger partial charge on any atom is 0.0707 e. The molecular formula is C15H15ClOS. The minimum Gasteiger partial charge on any atom is -0.392 e. The highest BCUT2D eigenvalue weighted by molar-refractivity contribution is 7.99. The third-order valence-corrected chi connectivity index (χ3v) is 4.42. The zero-order valence-electron chi connectivity index (χ0n) is 10.4. The van der Waals surface area contributed by atoms with E-state index in [9.17, 15) is 5.11 Å². The van der Waals surface area contributed by atoms with Gasteiger partial charge in [-0.05, 0) is 37.6 Å². The van der Waals surface area contributed by atoms with E-state index in [1.54, 1.807) is 17.8 Å². The van der Waals surface area contributed by atoms with Gasteiger partial charge in [-0.15, -0.1) is 0 Å². The van der Waals surface area contributed by atoms with Crippen LogP contribution in [0.3, 0.4) is 0 Å². The van der Waals surface area contributed by atoms with Crippen LogP contribution in [0.2, 0.25) is 5.02 Å². The Kier molecular flexibility index (Phi) is 4.33. The summed E-state index contributed by atoms with van der Waals surface area (Å²) in [6.45, 7) is 4.14. The van der Waals surface area contributed by atoms with Crippen molar-refractivity contribution >= 4 is 23.4 Å². The van der Waals surface area contributed by atoms with Crippen molar-refractivity contribution < 1.29 is 5.11 Å². The molecule has 0 saturated heterocycles. The van der Waals surface area contributed by atoms with Crippen molar-refractivity contribution in [2.45, 2.75) is 30.2 Å². The SMILES string of the molecule is Cc1ccc(Sc2cccc(Cl)c2CO)c(C)c1. The maximum atomic E-state index is 9.39. The molecule has 18 heavy (non-hydrogen) atoms. The third-order valence-electron chi connectivity index (χ3n) is 2.78. The van der Waals surface area contributed by atoms with Gasteiger partial charge >= 0.3 is 0 Å². The third kappa shape index (κ3) is 2.89. The average molecular weight is 279 g/mol. The van der Waals surface area contributed by atoms with Gasteiger partial charge in [-0.3, -0.25) is 0 Å². The molecule has 0 fully saturated rings. The lowest BCUT2D eigenvalue weighted by atomic mass is 10.2. The van der Waals surface area contributed by atoms with Gasteiger partial charge in [0, 0.05) is 20.4 Å². The molecule has 2 aromatic carbocycles. The van der Waals surface area contributed by atoms with Crippen LogP contribution in [0.4, 0.5) is 0 Å². The van der Waals surface area contributed by atoms with Gasteiger partial charge in [0.05, 0.1) is 6.61 Å². The molecule has 0 amide bonds. The van der Waals surface area contributed by atoms with E-state index in [2.05, 4.69) is 32.0 Å². The molecule has 0 aromatic heterocycles. The Morgan fingerprint density at radius 1 is 1.11 bits per heavy atom. The molecule has 0 atom stereocenters. The molecule has 0 aliphatic heterocycles. The fourth-order valence-electron chi connectivity index (χ4n) is 1.82. The normalized spacial score (nSPS) is 10.7. The summed E-state index contributed by atoms with van der Waals surface area (Å²) in [5.41, 5.74) is 3.29. The van der Waals surface area contributed by atoms with Crippen molar-refractivity contribution in [3.63, 3.8) is 0 Å². The van der Waals surface area contributed by atoms with Crippen LogP contribution >= 0.6 is 23.4 Å². The quantitative estimate of drug-likeness (QED) is 0.885.